The molecule has 0 aliphatic carbocycles. The summed E-state index contributed by atoms with van der Waals surface area (Å²) in [5.74, 6) is 0.847. The third-order valence-corrected chi connectivity index (χ3v) is 5.43. The van der Waals surface area contributed by atoms with Gasteiger partial charge in [0.25, 0.3) is 5.91 Å². The van der Waals surface area contributed by atoms with Gasteiger partial charge in [-0.3, -0.25) is 9.78 Å². The molecule has 1 amide bonds. The van der Waals surface area contributed by atoms with Crippen molar-refractivity contribution in [1.82, 2.24) is 15.2 Å². The van der Waals surface area contributed by atoms with Crippen LogP contribution in [0.5, 0.6) is 0 Å². The summed E-state index contributed by atoms with van der Waals surface area (Å²) in [4.78, 5) is 19.7. The molecule has 2 aliphatic heterocycles. The van der Waals surface area contributed by atoms with Gasteiger partial charge in [0.05, 0.1) is 9.58 Å². The maximum absolute atomic E-state index is 12.4. The molecule has 5 heteroatoms. The Balaban J connectivity index is 1.49. The first-order valence-electron chi connectivity index (χ1n) is 7.15. The van der Waals surface area contributed by atoms with Gasteiger partial charge in [-0.2, -0.15) is 0 Å². The van der Waals surface area contributed by atoms with Crippen molar-refractivity contribution in [3.63, 3.8) is 0 Å². The standard InChI is InChI=1S/C15H17N3OS/c19-15(13-6-11-1-3-16-7-14(11)20-13)17-12-5-10-2-4-18(8-10)9-12/h1,3,6-7,10,12H,2,4-5,8-9H2,(H,17,19)/t10?,12-/m1/s1. The van der Waals surface area contributed by atoms with Gasteiger partial charge in [0.15, 0.2) is 0 Å². The predicted octanol–water partition coefficient (Wildman–Crippen LogP) is 2.12. The van der Waals surface area contributed by atoms with Crippen LogP contribution < -0.4 is 5.32 Å². The van der Waals surface area contributed by atoms with Gasteiger partial charge in [0.1, 0.15) is 0 Å². The minimum Gasteiger partial charge on any atom is -0.347 e. The fraction of sp³-hybridized carbons (Fsp3) is 0.467. The molecule has 104 valence electrons. The first-order chi connectivity index (χ1) is 9.78. The molecule has 4 heterocycles. The highest BCUT2D eigenvalue weighted by Crippen LogP contribution is 2.28. The molecule has 3 atom stereocenters. The van der Waals surface area contributed by atoms with Crippen LogP contribution in [0.1, 0.15) is 22.5 Å². The lowest BCUT2D eigenvalue weighted by molar-refractivity contribution is 0.0913. The number of carbonyl (C=O) groups excluding carboxylic acids is 1. The maximum atomic E-state index is 12.4. The first-order valence-corrected chi connectivity index (χ1v) is 7.96. The smallest absolute Gasteiger partial charge is 0.261 e. The zero-order valence-corrected chi connectivity index (χ0v) is 12.0. The van der Waals surface area contributed by atoms with Crippen LogP contribution >= 0.6 is 11.3 Å². The largest absolute Gasteiger partial charge is 0.347 e. The Morgan fingerprint density at radius 3 is 3.25 bits per heavy atom. The molecule has 1 N–H and O–H groups in total. The average Bonchev–Trinajstić information content (AvgIpc) is 3.02. The van der Waals surface area contributed by atoms with E-state index in [-0.39, 0.29) is 5.91 Å². The monoisotopic (exact) mass is 287 g/mol. The van der Waals surface area contributed by atoms with Gasteiger partial charge in [0.2, 0.25) is 0 Å². The third-order valence-electron chi connectivity index (χ3n) is 4.35. The maximum Gasteiger partial charge on any atom is 0.261 e. The number of nitrogens with zero attached hydrogens (tertiary/aromatic N) is 2. The number of nitrogens with one attached hydrogen (secondary N) is 1. The second kappa shape index (κ2) is 4.82. The Labute approximate surface area is 121 Å². The van der Waals surface area contributed by atoms with Crippen LogP contribution in [0, 0.1) is 5.92 Å². The number of piperidine rings is 1. The quantitative estimate of drug-likeness (QED) is 0.920. The first kappa shape index (κ1) is 12.3. The summed E-state index contributed by atoms with van der Waals surface area (Å²) in [6.45, 7) is 3.43. The fourth-order valence-corrected chi connectivity index (χ4v) is 4.35. The van der Waals surface area contributed by atoms with Crippen molar-refractivity contribution < 1.29 is 4.79 Å². The summed E-state index contributed by atoms with van der Waals surface area (Å²) in [5, 5.41) is 4.31. The topological polar surface area (TPSA) is 45.2 Å². The molecule has 2 saturated heterocycles. The van der Waals surface area contributed by atoms with Crippen LogP contribution in [0.2, 0.25) is 0 Å². The van der Waals surface area contributed by atoms with Crippen LogP contribution in [0.25, 0.3) is 10.1 Å². The van der Waals surface area contributed by atoms with E-state index >= 15 is 0 Å². The number of carbonyl (C=O) groups is 1. The van der Waals surface area contributed by atoms with Gasteiger partial charge >= 0.3 is 0 Å². The van der Waals surface area contributed by atoms with Gasteiger partial charge < -0.3 is 10.2 Å². The highest BCUT2D eigenvalue weighted by Gasteiger charge is 2.33. The van der Waals surface area contributed by atoms with Crippen molar-refractivity contribution in [3.05, 3.63) is 29.4 Å². The van der Waals surface area contributed by atoms with Crippen LogP contribution in [0.15, 0.2) is 24.5 Å². The minimum absolute atomic E-state index is 0.0682. The lowest BCUT2D eigenvalue weighted by Crippen LogP contribution is -2.46. The van der Waals surface area contributed by atoms with Crippen molar-refractivity contribution in [3.8, 4) is 0 Å². The van der Waals surface area contributed by atoms with E-state index in [0.29, 0.717) is 6.04 Å². The summed E-state index contributed by atoms with van der Waals surface area (Å²) in [5.41, 5.74) is 0. The summed E-state index contributed by atoms with van der Waals surface area (Å²) in [6, 6.07) is 4.23. The molecular weight excluding hydrogens is 270 g/mol. The zero-order valence-electron chi connectivity index (χ0n) is 11.2. The molecule has 2 aliphatic rings. The number of amides is 1. The molecular formula is C15H17N3OS. The Morgan fingerprint density at radius 2 is 2.40 bits per heavy atom. The van der Waals surface area contributed by atoms with Crippen LogP contribution in [0.3, 0.4) is 0 Å². The summed E-state index contributed by atoms with van der Waals surface area (Å²) in [7, 11) is 0. The molecule has 0 spiro atoms. The van der Waals surface area contributed by atoms with E-state index in [4.69, 9.17) is 0 Å². The normalized spacial score (nSPS) is 28.7. The predicted molar refractivity (Wildman–Crippen MR) is 80.0 cm³/mol. The Kier molecular flexibility index (Phi) is 2.97. The van der Waals surface area contributed by atoms with Crippen LogP contribution in [-0.2, 0) is 0 Å². The summed E-state index contributed by atoms with van der Waals surface area (Å²) >= 11 is 1.52. The van der Waals surface area contributed by atoms with E-state index in [1.165, 1.54) is 30.8 Å². The summed E-state index contributed by atoms with van der Waals surface area (Å²) in [6.07, 6.45) is 6.02. The van der Waals surface area contributed by atoms with Crippen molar-refractivity contribution in [1.29, 1.82) is 0 Å². The lowest BCUT2D eigenvalue weighted by atomic mass is 9.97. The van der Waals surface area contributed by atoms with Gasteiger partial charge in [-0.05, 0) is 42.8 Å². The van der Waals surface area contributed by atoms with E-state index in [1.807, 2.05) is 18.3 Å². The molecule has 4 nitrogen and oxygen atoms in total. The second-order valence-electron chi connectivity index (χ2n) is 5.84. The van der Waals surface area contributed by atoms with Gasteiger partial charge in [0, 0.05) is 31.5 Å². The average molecular weight is 287 g/mol. The number of thiophene rings is 1. The van der Waals surface area contributed by atoms with Crippen molar-refractivity contribution in [2.45, 2.75) is 18.9 Å². The zero-order chi connectivity index (χ0) is 13.5. The number of fused-ring (bicyclic) bond motifs is 3. The van der Waals surface area contributed by atoms with Gasteiger partial charge in [-0.15, -0.1) is 11.3 Å². The van der Waals surface area contributed by atoms with Crippen molar-refractivity contribution in [2.24, 2.45) is 5.92 Å². The molecule has 0 saturated carbocycles. The highest BCUT2D eigenvalue weighted by atomic mass is 32.1. The molecule has 2 aromatic heterocycles. The van der Waals surface area contributed by atoms with Crippen molar-refractivity contribution >= 4 is 27.3 Å². The highest BCUT2D eigenvalue weighted by molar-refractivity contribution is 7.20. The lowest BCUT2D eigenvalue weighted by Gasteiger charge is -2.30. The molecule has 2 bridgehead atoms. The van der Waals surface area contributed by atoms with Gasteiger partial charge in [-0.25, -0.2) is 0 Å². The van der Waals surface area contributed by atoms with E-state index in [0.717, 1.165) is 33.8 Å². The number of hydrogen-bond donors (Lipinski definition) is 1. The number of rotatable bonds is 2. The molecule has 2 aromatic rings. The van der Waals surface area contributed by atoms with E-state index in [2.05, 4.69) is 15.2 Å². The Bertz CT molecular complexity index is 608. The van der Waals surface area contributed by atoms with Crippen LogP contribution in [0.4, 0.5) is 0 Å². The van der Waals surface area contributed by atoms with E-state index in [9.17, 15) is 4.79 Å². The second-order valence-corrected chi connectivity index (χ2v) is 6.93. The molecule has 0 radical (unpaired) electrons. The van der Waals surface area contributed by atoms with E-state index < -0.39 is 0 Å². The number of aromatic nitrogens is 1. The SMILES string of the molecule is O=C(N[C@@H]1CC2CCN(C2)C1)c1cc2ccncc2s1. The molecule has 4 rings (SSSR count). The number of pyridine rings is 1. The van der Waals surface area contributed by atoms with E-state index in [1.54, 1.807) is 6.20 Å². The molecule has 20 heavy (non-hydrogen) atoms. The third kappa shape index (κ3) is 2.21. The van der Waals surface area contributed by atoms with Crippen LogP contribution in [-0.4, -0.2) is 41.5 Å². The molecule has 0 aromatic carbocycles. The minimum atomic E-state index is 0.0682. The molecule has 2 fully saturated rings. The Morgan fingerprint density at radius 1 is 1.45 bits per heavy atom. The fourth-order valence-electron chi connectivity index (χ4n) is 3.42. The van der Waals surface area contributed by atoms with Crippen molar-refractivity contribution in [2.75, 3.05) is 19.6 Å². The van der Waals surface area contributed by atoms with Gasteiger partial charge in [-0.1, -0.05) is 0 Å². The Hall–Kier alpha value is -1.46. The number of hydrogen-bond acceptors (Lipinski definition) is 4. The summed E-state index contributed by atoms with van der Waals surface area (Å²) < 4.78 is 1.07. The molecule has 2 unspecified atom stereocenters.